The van der Waals surface area contributed by atoms with Gasteiger partial charge in [-0.05, 0) is 120 Å². The van der Waals surface area contributed by atoms with Gasteiger partial charge < -0.3 is 23.7 Å². The van der Waals surface area contributed by atoms with Crippen molar-refractivity contribution in [2.75, 3.05) is 26.9 Å². The molecule has 0 spiro atoms. The van der Waals surface area contributed by atoms with Crippen LogP contribution in [0.15, 0.2) is 69.6 Å². The van der Waals surface area contributed by atoms with Crippen LogP contribution >= 0.6 is 79.7 Å². The molecule has 50 heavy (non-hydrogen) atoms. The van der Waals surface area contributed by atoms with E-state index in [1.54, 1.807) is 50.3 Å². The van der Waals surface area contributed by atoms with Gasteiger partial charge in [0, 0.05) is 9.13 Å². The molecule has 5 rings (SSSR count). The molecule has 4 aromatic rings. The number of hydrogen-bond donors (Lipinski definition) is 0. The van der Waals surface area contributed by atoms with Gasteiger partial charge in [-0.15, -0.1) is 0 Å². The van der Waals surface area contributed by atoms with Crippen molar-refractivity contribution in [3.8, 4) is 17.2 Å². The molecule has 3 aromatic carbocycles. The Bertz CT molecular complexity index is 2180. The molecule has 10 nitrogen and oxygen atoms in total. The lowest BCUT2D eigenvalue weighted by atomic mass is 9.95. The summed E-state index contributed by atoms with van der Waals surface area (Å²) in [6.45, 7) is 5.56. The molecule has 0 saturated carbocycles. The average Bonchev–Trinajstić information content (AvgIpc) is 3.38. The third-order valence-electron chi connectivity index (χ3n) is 7.36. The van der Waals surface area contributed by atoms with Crippen molar-refractivity contribution in [1.82, 2.24) is 4.57 Å². The molecule has 0 bridgehead atoms. The maximum Gasteiger partial charge on any atom is 0.343 e. The Morgan fingerprint density at radius 3 is 2.46 bits per heavy atom. The third kappa shape index (κ3) is 8.49. The van der Waals surface area contributed by atoms with Crippen LogP contribution < -0.4 is 29.1 Å². The van der Waals surface area contributed by atoms with Crippen LogP contribution in [0.25, 0.3) is 6.08 Å². The molecule has 1 aliphatic rings. The number of fused-ring (bicyclic) bond motifs is 1. The quantitative estimate of drug-likeness (QED) is 0.112. The summed E-state index contributed by atoms with van der Waals surface area (Å²) in [7, 11) is 1.27. The Morgan fingerprint density at radius 1 is 0.980 bits per heavy atom. The number of benzene rings is 3. The average molecular weight is 963 g/mol. The highest BCUT2D eigenvalue weighted by Gasteiger charge is 2.34. The molecule has 0 aliphatic carbocycles. The zero-order chi connectivity index (χ0) is 36.1. The Labute approximate surface area is 328 Å². The van der Waals surface area contributed by atoms with Gasteiger partial charge in [0.05, 0.1) is 55.8 Å². The normalized spacial score (nSPS) is 14.2. The number of aromatic nitrogens is 1. The van der Waals surface area contributed by atoms with Gasteiger partial charge in [-0.1, -0.05) is 46.7 Å². The van der Waals surface area contributed by atoms with Gasteiger partial charge in [-0.25, -0.2) is 14.6 Å². The summed E-state index contributed by atoms with van der Waals surface area (Å²) in [5.74, 6) is 0.0612. The van der Waals surface area contributed by atoms with Crippen molar-refractivity contribution in [3.05, 3.63) is 113 Å². The fraction of sp³-hybridized carbons (Fsp3) is 0.257. The second-order valence-electron chi connectivity index (χ2n) is 10.6. The zero-order valence-electron chi connectivity index (χ0n) is 27.2. The van der Waals surface area contributed by atoms with E-state index < -0.39 is 18.0 Å². The molecule has 262 valence electrons. The highest BCUT2D eigenvalue weighted by molar-refractivity contribution is 14.1. The standard InChI is InChI=1S/C35H30Cl2I2N2O8S/c1-5-46-27-13-20(8-10-26(27)48-17-29(42)45-4)31-30(34(44)47-6-2)18(3)40-35-41(31)33(43)28(50-35)14-21-12-22(38)15-25(39)32(21)49-16-19-7-9-23(36)24(37)11-19/h7-15,31H,5-6,16-17H2,1-4H3/b28-14+/t31-/m0/s1. The van der Waals surface area contributed by atoms with Crippen LogP contribution in [-0.4, -0.2) is 43.4 Å². The van der Waals surface area contributed by atoms with Gasteiger partial charge in [0.25, 0.3) is 5.56 Å². The summed E-state index contributed by atoms with van der Waals surface area (Å²) < 4.78 is 31.6. The van der Waals surface area contributed by atoms with Crippen molar-refractivity contribution in [1.29, 1.82) is 0 Å². The van der Waals surface area contributed by atoms with E-state index in [9.17, 15) is 14.4 Å². The number of carbonyl (C=O) groups is 2. The van der Waals surface area contributed by atoms with Gasteiger partial charge in [-0.2, -0.15) is 0 Å². The summed E-state index contributed by atoms with van der Waals surface area (Å²) in [4.78, 5) is 44.7. The molecule has 0 fully saturated rings. The van der Waals surface area contributed by atoms with Crippen molar-refractivity contribution in [3.63, 3.8) is 0 Å². The van der Waals surface area contributed by atoms with Crippen LogP contribution in [-0.2, 0) is 25.7 Å². The first-order valence-corrected chi connectivity index (χ1v) is 18.9. The topological polar surface area (TPSA) is 115 Å². The lowest BCUT2D eigenvalue weighted by Crippen LogP contribution is -2.40. The molecule has 0 radical (unpaired) electrons. The monoisotopic (exact) mass is 962 g/mol. The first kappa shape index (κ1) is 38.1. The lowest BCUT2D eigenvalue weighted by Gasteiger charge is -2.25. The van der Waals surface area contributed by atoms with Gasteiger partial charge in [0.15, 0.2) is 22.9 Å². The molecular weight excluding hydrogens is 933 g/mol. The van der Waals surface area contributed by atoms with Crippen molar-refractivity contribution in [2.45, 2.75) is 33.4 Å². The Morgan fingerprint density at radius 2 is 1.76 bits per heavy atom. The summed E-state index contributed by atoms with van der Waals surface area (Å²) in [6.07, 6.45) is 1.77. The molecule has 1 aliphatic heterocycles. The molecular formula is C35H30Cl2I2N2O8S. The largest absolute Gasteiger partial charge is 0.490 e. The van der Waals surface area contributed by atoms with E-state index in [1.807, 2.05) is 25.1 Å². The van der Waals surface area contributed by atoms with Crippen molar-refractivity contribution in [2.24, 2.45) is 4.99 Å². The van der Waals surface area contributed by atoms with E-state index in [0.29, 0.717) is 60.1 Å². The first-order chi connectivity index (χ1) is 23.9. The molecule has 0 unspecified atom stereocenters. The van der Waals surface area contributed by atoms with Crippen LogP contribution in [0.1, 0.15) is 43.5 Å². The predicted molar refractivity (Wildman–Crippen MR) is 208 cm³/mol. The van der Waals surface area contributed by atoms with Crippen LogP contribution in [0, 0.1) is 7.14 Å². The second kappa shape index (κ2) is 16.9. The number of halogens is 4. The minimum Gasteiger partial charge on any atom is -0.490 e. The van der Waals surface area contributed by atoms with E-state index in [2.05, 4.69) is 50.2 Å². The maximum absolute atomic E-state index is 14.4. The van der Waals surface area contributed by atoms with E-state index in [1.165, 1.54) is 23.0 Å². The minimum absolute atomic E-state index is 0.132. The highest BCUT2D eigenvalue weighted by atomic mass is 127. The Hall–Kier alpha value is -3.12. The summed E-state index contributed by atoms with van der Waals surface area (Å²) in [5.41, 5.74) is 2.34. The van der Waals surface area contributed by atoms with Crippen molar-refractivity contribution < 1.29 is 33.3 Å². The van der Waals surface area contributed by atoms with Crippen LogP contribution in [0.5, 0.6) is 17.2 Å². The molecule has 15 heteroatoms. The fourth-order valence-corrected chi connectivity index (χ4v) is 8.55. The first-order valence-electron chi connectivity index (χ1n) is 15.2. The van der Waals surface area contributed by atoms with Gasteiger partial charge in [-0.3, -0.25) is 9.36 Å². The summed E-state index contributed by atoms with van der Waals surface area (Å²) >= 11 is 18.0. The molecule has 0 saturated heterocycles. The SMILES string of the molecule is CCOC(=O)C1=C(C)N=c2s/c(=C/c3cc(I)cc(I)c3OCc3ccc(Cl)c(Cl)c3)c(=O)n2[C@H]1c1ccc(OCC(=O)OC)c(OCC)c1. The number of methoxy groups -OCH3 is 1. The number of rotatable bonds is 12. The van der Waals surface area contributed by atoms with E-state index in [4.69, 9.17) is 46.9 Å². The molecule has 0 N–H and O–H groups in total. The van der Waals surface area contributed by atoms with Crippen LogP contribution in [0.2, 0.25) is 10.0 Å². The second-order valence-corrected chi connectivity index (χ2v) is 14.9. The number of carbonyl (C=O) groups excluding carboxylic acids is 2. The predicted octanol–water partition coefficient (Wildman–Crippen LogP) is 6.84. The zero-order valence-corrected chi connectivity index (χ0v) is 33.8. The van der Waals surface area contributed by atoms with Crippen LogP contribution in [0.3, 0.4) is 0 Å². The van der Waals surface area contributed by atoms with E-state index >= 15 is 0 Å². The van der Waals surface area contributed by atoms with Crippen LogP contribution in [0.4, 0.5) is 0 Å². The summed E-state index contributed by atoms with van der Waals surface area (Å²) in [5, 5.41) is 0.877. The van der Waals surface area contributed by atoms with Crippen molar-refractivity contribution >= 4 is 97.7 Å². The smallest absolute Gasteiger partial charge is 0.343 e. The van der Waals surface area contributed by atoms with Gasteiger partial charge in [0.2, 0.25) is 0 Å². The molecule has 1 aromatic heterocycles. The number of hydrogen-bond acceptors (Lipinski definition) is 10. The molecule has 0 amide bonds. The summed E-state index contributed by atoms with van der Waals surface area (Å²) in [6, 6.07) is 13.3. The minimum atomic E-state index is -0.900. The number of ether oxygens (including phenoxy) is 5. The lowest BCUT2D eigenvalue weighted by molar-refractivity contribution is -0.143. The number of nitrogens with zero attached hydrogens (tertiary/aromatic N) is 2. The van der Waals surface area contributed by atoms with E-state index in [-0.39, 0.29) is 31.0 Å². The third-order valence-corrected chi connectivity index (χ3v) is 10.5. The maximum atomic E-state index is 14.4. The van der Waals surface area contributed by atoms with Gasteiger partial charge in [0.1, 0.15) is 12.4 Å². The number of allylic oxidation sites excluding steroid dienone is 1. The fourth-order valence-electron chi connectivity index (χ4n) is 5.15. The Kier molecular flexibility index (Phi) is 12.9. The van der Waals surface area contributed by atoms with E-state index in [0.717, 1.165) is 12.7 Å². The number of esters is 2. The molecule has 2 heterocycles. The van der Waals surface area contributed by atoms with Gasteiger partial charge >= 0.3 is 11.9 Å². The number of thiazole rings is 1. The highest BCUT2D eigenvalue weighted by Crippen LogP contribution is 2.37. The Balaban J connectivity index is 1.64. The molecule has 1 atom stereocenters.